The Kier molecular flexibility index (Phi) is 4.58. The Labute approximate surface area is 202 Å². The number of nitrogens with zero attached hydrogens (tertiary/aromatic N) is 3. The van der Waals surface area contributed by atoms with Gasteiger partial charge in [0.15, 0.2) is 16.6 Å². The highest BCUT2D eigenvalue weighted by molar-refractivity contribution is 7.24. The molecular formula is C24H20N4O2S3. The van der Waals surface area contributed by atoms with Crippen LogP contribution in [-0.2, 0) is 13.0 Å². The lowest BCUT2D eigenvalue weighted by Crippen LogP contribution is -2.29. The number of benzene rings is 2. The number of ether oxygens (including phenoxy) is 2. The zero-order valence-electron chi connectivity index (χ0n) is 17.9. The van der Waals surface area contributed by atoms with Gasteiger partial charge >= 0.3 is 0 Å². The van der Waals surface area contributed by atoms with Gasteiger partial charge in [-0.15, -0.1) is 22.7 Å². The monoisotopic (exact) mass is 492 g/mol. The van der Waals surface area contributed by atoms with Crippen LogP contribution in [0.25, 0.3) is 31.0 Å². The van der Waals surface area contributed by atoms with Gasteiger partial charge in [0.05, 0.1) is 20.4 Å². The number of likely N-dealkylation sites (N-methyl/N-ethyl adjacent to an activating group) is 1. The number of fused-ring (bicyclic) bond motifs is 4. The fourth-order valence-corrected chi connectivity index (χ4v) is 7.83. The first-order valence-electron chi connectivity index (χ1n) is 10.9. The molecule has 2 aliphatic heterocycles. The maximum absolute atomic E-state index is 5.54. The van der Waals surface area contributed by atoms with Crippen LogP contribution in [0.15, 0.2) is 36.4 Å². The predicted octanol–water partition coefficient (Wildman–Crippen LogP) is 6.48. The van der Waals surface area contributed by atoms with Crippen LogP contribution < -0.4 is 14.8 Å². The number of hydrogen-bond acceptors (Lipinski definition) is 9. The Bertz CT molecular complexity index is 1450. The first-order valence-corrected chi connectivity index (χ1v) is 13.4. The molecule has 0 fully saturated rings. The predicted molar refractivity (Wildman–Crippen MR) is 137 cm³/mol. The number of rotatable bonds is 4. The third-order valence-electron chi connectivity index (χ3n) is 6.19. The van der Waals surface area contributed by atoms with E-state index in [1.165, 1.54) is 20.7 Å². The summed E-state index contributed by atoms with van der Waals surface area (Å²) in [6.07, 6.45) is 1.05. The van der Waals surface area contributed by atoms with E-state index in [2.05, 4.69) is 41.4 Å². The van der Waals surface area contributed by atoms with Crippen molar-refractivity contribution in [2.24, 2.45) is 0 Å². The van der Waals surface area contributed by atoms with Crippen molar-refractivity contribution in [1.82, 2.24) is 14.9 Å². The summed E-state index contributed by atoms with van der Waals surface area (Å²) < 4.78 is 13.4. The molecule has 0 unspecified atom stereocenters. The summed E-state index contributed by atoms with van der Waals surface area (Å²) in [6.45, 7) is 5.67. The Hall–Kier alpha value is -2.72. The van der Waals surface area contributed by atoms with Gasteiger partial charge in [-0.25, -0.2) is 9.97 Å². The second-order valence-electron chi connectivity index (χ2n) is 8.13. The van der Waals surface area contributed by atoms with E-state index < -0.39 is 0 Å². The van der Waals surface area contributed by atoms with Gasteiger partial charge in [0.2, 0.25) is 6.79 Å². The Morgan fingerprint density at radius 1 is 1.00 bits per heavy atom. The van der Waals surface area contributed by atoms with E-state index >= 15 is 0 Å². The number of thiazole rings is 2. The summed E-state index contributed by atoms with van der Waals surface area (Å²) in [6, 6.07) is 12.4. The molecule has 0 aliphatic carbocycles. The number of anilines is 2. The van der Waals surface area contributed by atoms with Crippen molar-refractivity contribution in [3.05, 3.63) is 46.8 Å². The zero-order valence-corrected chi connectivity index (χ0v) is 20.3. The van der Waals surface area contributed by atoms with Gasteiger partial charge in [0.1, 0.15) is 10.0 Å². The first kappa shape index (κ1) is 19.7. The molecule has 0 amide bonds. The topological polar surface area (TPSA) is 59.5 Å². The van der Waals surface area contributed by atoms with Gasteiger partial charge in [-0.2, -0.15) is 0 Å². The average Bonchev–Trinajstić information content (AvgIpc) is 3.59. The number of nitrogens with one attached hydrogen (secondary N) is 1. The molecule has 0 saturated heterocycles. The van der Waals surface area contributed by atoms with E-state index in [1.807, 2.05) is 23.5 Å². The average molecular weight is 493 g/mol. The Balaban J connectivity index is 1.33. The van der Waals surface area contributed by atoms with Gasteiger partial charge in [0.25, 0.3) is 0 Å². The quantitative estimate of drug-likeness (QED) is 0.310. The molecule has 33 heavy (non-hydrogen) atoms. The molecule has 0 radical (unpaired) electrons. The normalized spacial score (nSPS) is 15.4. The van der Waals surface area contributed by atoms with E-state index in [9.17, 15) is 0 Å². The second kappa shape index (κ2) is 7.66. The molecule has 7 rings (SSSR count). The first-order chi connectivity index (χ1) is 16.2. The lowest BCUT2D eigenvalue weighted by atomic mass is 10.0. The van der Waals surface area contributed by atoms with Gasteiger partial charge in [-0.1, -0.05) is 30.4 Å². The summed E-state index contributed by atoms with van der Waals surface area (Å²) in [5.41, 5.74) is 4.67. The summed E-state index contributed by atoms with van der Waals surface area (Å²) in [4.78, 5) is 13.8. The van der Waals surface area contributed by atoms with Crippen molar-refractivity contribution >= 4 is 64.6 Å². The van der Waals surface area contributed by atoms with E-state index in [-0.39, 0.29) is 6.79 Å². The van der Waals surface area contributed by atoms with Crippen LogP contribution in [0, 0.1) is 0 Å². The van der Waals surface area contributed by atoms with Gasteiger partial charge < -0.3 is 14.8 Å². The highest BCUT2D eigenvalue weighted by Gasteiger charge is 2.27. The van der Waals surface area contributed by atoms with Gasteiger partial charge in [-0.3, -0.25) is 4.90 Å². The van der Waals surface area contributed by atoms with Crippen LogP contribution in [0.3, 0.4) is 0 Å². The van der Waals surface area contributed by atoms with E-state index in [4.69, 9.17) is 19.4 Å². The van der Waals surface area contributed by atoms with E-state index in [1.54, 1.807) is 22.7 Å². The largest absolute Gasteiger partial charge is 0.454 e. The fourth-order valence-electron chi connectivity index (χ4n) is 4.49. The minimum Gasteiger partial charge on any atom is -0.454 e. The molecule has 2 aliphatic rings. The third kappa shape index (κ3) is 3.30. The highest BCUT2D eigenvalue weighted by Crippen LogP contribution is 2.47. The summed E-state index contributed by atoms with van der Waals surface area (Å²) in [5.74, 6) is 1.56. The van der Waals surface area contributed by atoms with Crippen LogP contribution in [-0.4, -0.2) is 34.8 Å². The molecule has 0 saturated carbocycles. The van der Waals surface area contributed by atoms with Crippen LogP contribution in [0.5, 0.6) is 11.5 Å². The second-order valence-corrected chi connectivity index (χ2v) is 11.3. The molecule has 1 N–H and O–H groups in total. The molecule has 0 bridgehead atoms. The summed E-state index contributed by atoms with van der Waals surface area (Å²) >= 11 is 5.25. The van der Waals surface area contributed by atoms with Crippen LogP contribution >= 0.6 is 34.0 Å². The molecule has 3 aromatic heterocycles. The Morgan fingerprint density at radius 3 is 2.76 bits per heavy atom. The summed E-state index contributed by atoms with van der Waals surface area (Å²) in [5, 5.41) is 6.76. The van der Waals surface area contributed by atoms with Crippen molar-refractivity contribution < 1.29 is 9.47 Å². The third-order valence-corrected chi connectivity index (χ3v) is 9.31. The molecule has 9 heteroatoms. The molecule has 5 aromatic rings. The standard InChI is InChI=1S/C24H20N4O2S3/c1-2-28-8-7-13-20(11-28)32-23(21(13)22-25-14-5-3-4-6-18(14)31-22)27-24-26-15-9-16-17(30-12-29-16)10-19(15)33-24/h3-6,9-10H,2,7-8,11-12H2,1H3,(H,26,27). The number of thiophene rings is 1. The number of aromatic nitrogens is 2. The number of para-hydroxylation sites is 1. The van der Waals surface area contributed by atoms with Crippen molar-refractivity contribution in [1.29, 1.82) is 0 Å². The van der Waals surface area contributed by atoms with Crippen molar-refractivity contribution in [3.8, 4) is 22.1 Å². The van der Waals surface area contributed by atoms with Gasteiger partial charge in [0, 0.05) is 35.7 Å². The molecular weight excluding hydrogens is 472 g/mol. The van der Waals surface area contributed by atoms with Crippen molar-refractivity contribution in [3.63, 3.8) is 0 Å². The molecule has 0 atom stereocenters. The van der Waals surface area contributed by atoms with Crippen molar-refractivity contribution in [2.75, 3.05) is 25.2 Å². The van der Waals surface area contributed by atoms with Crippen molar-refractivity contribution in [2.45, 2.75) is 19.9 Å². The lowest BCUT2D eigenvalue weighted by molar-refractivity contribution is 0.174. The zero-order chi connectivity index (χ0) is 21.9. The molecule has 5 heterocycles. The highest BCUT2D eigenvalue weighted by atomic mass is 32.1. The summed E-state index contributed by atoms with van der Waals surface area (Å²) in [7, 11) is 0. The maximum Gasteiger partial charge on any atom is 0.231 e. The lowest BCUT2D eigenvalue weighted by Gasteiger charge is -2.25. The minimum atomic E-state index is 0.277. The van der Waals surface area contributed by atoms with E-state index in [0.717, 1.165) is 68.4 Å². The Morgan fingerprint density at radius 2 is 1.88 bits per heavy atom. The van der Waals surface area contributed by atoms with Crippen LogP contribution in [0.2, 0.25) is 0 Å². The minimum absolute atomic E-state index is 0.277. The smallest absolute Gasteiger partial charge is 0.231 e. The molecule has 2 aromatic carbocycles. The van der Waals surface area contributed by atoms with Crippen LogP contribution in [0.4, 0.5) is 10.1 Å². The molecule has 6 nitrogen and oxygen atoms in total. The molecule has 0 spiro atoms. The van der Waals surface area contributed by atoms with Gasteiger partial charge in [-0.05, 0) is 30.7 Å². The fraction of sp³-hybridized carbons (Fsp3) is 0.250. The molecule has 166 valence electrons. The maximum atomic E-state index is 5.54. The van der Waals surface area contributed by atoms with Crippen LogP contribution in [0.1, 0.15) is 17.4 Å². The SMILES string of the molecule is CCN1CCc2c(sc(Nc3nc4cc5c(cc4s3)OCO5)c2-c2nc3ccccc3s2)C1. The number of hydrogen-bond donors (Lipinski definition) is 1. The van der Waals surface area contributed by atoms with E-state index in [0.29, 0.717) is 0 Å².